The molecule has 4 rings (SSSR count). The zero-order valence-electron chi connectivity index (χ0n) is 16.3. The molecular weight excluding hydrogens is 396 g/mol. The van der Waals surface area contributed by atoms with Crippen molar-refractivity contribution in [3.05, 3.63) is 107 Å². The van der Waals surface area contributed by atoms with Crippen LogP contribution < -0.4 is 9.64 Å². The van der Waals surface area contributed by atoms with Crippen molar-refractivity contribution in [1.29, 1.82) is 0 Å². The lowest BCUT2D eigenvalue weighted by Crippen LogP contribution is -2.30. The molecule has 1 aliphatic heterocycles. The molecule has 1 heterocycles. The minimum absolute atomic E-state index is 0.181. The number of ether oxygens (including phenoxy) is 1. The van der Waals surface area contributed by atoms with Crippen LogP contribution in [0.2, 0.25) is 5.02 Å². The molecule has 0 aromatic heterocycles. The number of amidine groups is 1. The highest BCUT2D eigenvalue weighted by atomic mass is 35.5. The van der Waals surface area contributed by atoms with Crippen molar-refractivity contribution >= 4 is 41.2 Å². The number of halogens is 1. The summed E-state index contributed by atoms with van der Waals surface area (Å²) in [5.74, 6) is 1.09. The molecule has 0 N–H and O–H groups in total. The van der Waals surface area contributed by atoms with Crippen molar-refractivity contribution < 1.29 is 9.53 Å². The number of methoxy groups -OCH3 is 1. The number of carbonyl (C=O) groups excluding carboxylic acids is 1. The minimum Gasteiger partial charge on any atom is -0.497 e. The first-order chi connectivity index (χ1) is 14.6. The third-order valence-corrected chi connectivity index (χ3v) is 4.87. The molecule has 3 aromatic rings. The molecule has 1 amide bonds. The van der Waals surface area contributed by atoms with E-state index in [1.807, 2.05) is 91.0 Å². The Hall–Kier alpha value is -3.63. The third-order valence-electron chi connectivity index (χ3n) is 4.61. The van der Waals surface area contributed by atoms with E-state index in [0.717, 1.165) is 22.6 Å². The van der Waals surface area contributed by atoms with Crippen LogP contribution in [0.25, 0.3) is 12.2 Å². The summed E-state index contributed by atoms with van der Waals surface area (Å²) in [7, 11) is 1.61. The molecule has 0 saturated carbocycles. The van der Waals surface area contributed by atoms with Crippen molar-refractivity contribution in [2.45, 2.75) is 0 Å². The number of aliphatic imine (C=N–C) groups is 1. The third kappa shape index (κ3) is 4.34. The lowest BCUT2D eigenvalue weighted by atomic mass is 10.2. The number of amides is 1. The molecule has 0 radical (unpaired) electrons. The van der Waals surface area contributed by atoms with Crippen LogP contribution in [0.5, 0.6) is 5.75 Å². The molecular formula is C25H19ClN2O2. The number of benzene rings is 3. The fraction of sp³-hybridized carbons (Fsp3) is 0.0400. The van der Waals surface area contributed by atoms with Crippen LogP contribution in [0.15, 0.2) is 95.6 Å². The summed E-state index contributed by atoms with van der Waals surface area (Å²) in [6.45, 7) is 0. The van der Waals surface area contributed by atoms with Gasteiger partial charge in [-0.2, -0.15) is 0 Å². The van der Waals surface area contributed by atoms with E-state index in [1.165, 1.54) is 0 Å². The molecule has 0 saturated heterocycles. The summed E-state index contributed by atoms with van der Waals surface area (Å²) in [6, 6.07) is 24.5. The highest BCUT2D eigenvalue weighted by molar-refractivity contribution is 6.32. The van der Waals surface area contributed by atoms with Gasteiger partial charge in [-0.25, -0.2) is 4.99 Å². The predicted molar refractivity (Wildman–Crippen MR) is 123 cm³/mol. The van der Waals surface area contributed by atoms with E-state index in [4.69, 9.17) is 16.3 Å². The summed E-state index contributed by atoms with van der Waals surface area (Å²) in [5.41, 5.74) is 2.98. The van der Waals surface area contributed by atoms with Gasteiger partial charge in [0.05, 0.1) is 12.8 Å². The molecule has 30 heavy (non-hydrogen) atoms. The Labute approximate surface area is 180 Å². The van der Waals surface area contributed by atoms with E-state index in [9.17, 15) is 4.79 Å². The molecule has 0 unspecified atom stereocenters. The second kappa shape index (κ2) is 8.80. The van der Waals surface area contributed by atoms with Gasteiger partial charge >= 0.3 is 0 Å². The lowest BCUT2D eigenvalue weighted by Gasteiger charge is -2.16. The van der Waals surface area contributed by atoms with Crippen LogP contribution in [0.3, 0.4) is 0 Å². The topological polar surface area (TPSA) is 41.9 Å². The molecule has 0 aliphatic carbocycles. The van der Waals surface area contributed by atoms with Crippen molar-refractivity contribution in [2.75, 3.05) is 12.0 Å². The predicted octanol–water partition coefficient (Wildman–Crippen LogP) is 5.85. The lowest BCUT2D eigenvalue weighted by molar-refractivity contribution is -0.113. The standard InChI is InChI=1S/C25H19ClN2O2/c1-30-22-14-12-21(13-15-22)28-24(16-9-18-7-10-20(26)11-8-18)27-23(25(28)29)17-19-5-3-2-4-6-19/h2-17H,1H3. The molecule has 1 aliphatic rings. The van der Waals surface area contributed by atoms with Crippen LogP contribution in [-0.4, -0.2) is 18.9 Å². The molecule has 4 nitrogen and oxygen atoms in total. The first-order valence-electron chi connectivity index (χ1n) is 9.41. The van der Waals surface area contributed by atoms with Gasteiger partial charge in [-0.05, 0) is 59.7 Å². The summed E-state index contributed by atoms with van der Waals surface area (Å²) in [5, 5.41) is 0.675. The fourth-order valence-corrected chi connectivity index (χ4v) is 3.20. The van der Waals surface area contributed by atoms with Crippen molar-refractivity contribution in [3.63, 3.8) is 0 Å². The van der Waals surface area contributed by atoms with Crippen LogP contribution in [0.4, 0.5) is 5.69 Å². The minimum atomic E-state index is -0.181. The maximum absolute atomic E-state index is 13.2. The van der Waals surface area contributed by atoms with Crippen LogP contribution in [0.1, 0.15) is 11.1 Å². The van der Waals surface area contributed by atoms with Gasteiger partial charge in [-0.15, -0.1) is 0 Å². The number of nitrogens with zero attached hydrogens (tertiary/aromatic N) is 2. The smallest absolute Gasteiger partial charge is 0.282 e. The molecule has 5 heteroatoms. The largest absolute Gasteiger partial charge is 0.497 e. The Morgan fingerprint density at radius 1 is 0.867 bits per heavy atom. The second-order valence-electron chi connectivity index (χ2n) is 6.63. The molecule has 148 valence electrons. The summed E-state index contributed by atoms with van der Waals surface area (Å²) in [4.78, 5) is 19.4. The monoisotopic (exact) mass is 414 g/mol. The number of anilines is 1. The maximum atomic E-state index is 13.2. The van der Waals surface area contributed by atoms with E-state index < -0.39 is 0 Å². The Bertz CT molecular complexity index is 1130. The Morgan fingerprint density at radius 2 is 1.57 bits per heavy atom. The molecule has 0 bridgehead atoms. The van der Waals surface area contributed by atoms with Crippen LogP contribution >= 0.6 is 11.6 Å². The van der Waals surface area contributed by atoms with E-state index in [1.54, 1.807) is 18.1 Å². The van der Waals surface area contributed by atoms with E-state index in [2.05, 4.69) is 4.99 Å². The van der Waals surface area contributed by atoms with Crippen LogP contribution in [-0.2, 0) is 4.79 Å². The van der Waals surface area contributed by atoms with Crippen molar-refractivity contribution in [2.24, 2.45) is 4.99 Å². The van der Waals surface area contributed by atoms with Gasteiger partial charge in [0.25, 0.3) is 5.91 Å². The number of rotatable bonds is 5. The van der Waals surface area contributed by atoms with Gasteiger partial charge in [-0.1, -0.05) is 60.1 Å². The fourth-order valence-electron chi connectivity index (χ4n) is 3.08. The molecule has 3 aromatic carbocycles. The SMILES string of the molecule is COc1ccc(N2C(=O)C(=Cc3ccccc3)N=C2C=Cc2ccc(Cl)cc2)cc1. The molecule has 0 spiro atoms. The van der Waals surface area contributed by atoms with Gasteiger partial charge in [-0.3, -0.25) is 9.69 Å². The first-order valence-corrected chi connectivity index (χ1v) is 9.79. The normalized spacial score (nSPS) is 15.1. The highest BCUT2D eigenvalue weighted by Gasteiger charge is 2.30. The summed E-state index contributed by atoms with van der Waals surface area (Å²) >= 11 is 5.96. The molecule has 0 fully saturated rings. The highest BCUT2D eigenvalue weighted by Crippen LogP contribution is 2.27. The zero-order chi connectivity index (χ0) is 20.9. The van der Waals surface area contributed by atoms with Gasteiger partial charge in [0.15, 0.2) is 0 Å². The maximum Gasteiger partial charge on any atom is 0.282 e. The van der Waals surface area contributed by atoms with Gasteiger partial charge in [0.2, 0.25) is 0 Å². The Kier molecular flexibility index (Phi) is 5.77. The van der Waals surface area contributed by atoms with Crippen molar-refractivity contribution in [1.82, 2.24) is 0 Å². The Balaban J connectivity index is 1.72. The van der Waals surface area contributed by atoms with E-state index in [-0.39, 0.29) is 5.91 Å². The van der Waals surface area contributed by atoms with Crippen molar-refractivity contribution in [3.8, 4) is 5.75 Å². The molecule has 0 atom stereocenters. The Morgan fingerprint density at radius 3 is 2.23 bits per heavy atom. The van der Waals surface area contributed by atoms with E-state index >= 15 is 0 Å². The second-order valence-corrected chi connectivity index (χ2v) is 7.07. The summed E-state index contributed by atoms with van der Waals surface area (Å²) in [6.07, 6.45) is 5.53. The number of hydrogen-bond acceptors (Lipinski definition) is 3. The van der Waals surface area contributed by atoms with Crippen LogP contribution in [0, 0.1) is 0 Å². The first kappa shape index (κ1) is 19.7. The van der Waals surface area contributed by atoms with Gasteiger partial charge in [0, 0.05) is 5.02 Å². The van der Waals surface area contributed by atoms with Gasteiger partial charge in [0.1, 0.15) is 17.3 Å². The van der Waals surface area contributed by atoms with E-state index in [0.29, 0.717) is 16.6 Å². The van der Waals surface area contributed by atoms with Gasteiger partial charge < -0.3 is 4.74 Å². The summed E-state index contributed by atoms with van der Waals surface area (Å²) < 4.78 is 5.23. The quantitative estimate of drug-likeness (QED) is 0.491. The zero-order valence-corrected chi connectivity index (χ0v) is 17.1. The number of hydrogen-bond donors (Lipinski definition) is 0. The average molecular weight is 415 g/mol. The average Bonchev–Trinajstić information content (AvgIpc) is 3.09. The number of carbonyl (C=O) groups is 1.